The van der Waals surface area contributed by atoms with E-state index in [9.17, 15) is 0 Å². The smallest absolute Gasteiger partial charge is 0.192 e. The first-order valence-electron chi connectivity index (χ1n) is 12.1. The van der Waals surface area contributed by atoms with Crippen molar-refractivity contribution in [1.82, 2.24) is 0 Å². The topological polar surface area (TPSA) is 18.5 Å². The van der Waals surface area contributed by atoms with Gasteiger partial charge in [0.05, 0.1) is 0 Å². The SMILES string of the molecule is CCCCC/C=C/C/C=C/CCCCCCCC(OCC)(O[Si](C)(C)C)C(C)(Cl)Cl. The summed E-state index contributed by atoms with van der Waals surface area (Å²) >= 11 is 13.1. The number of alkyl halides is 2. The molecule has 0 rings (SSSR count). The summed E-state index contributed by atoms with van der Waals surface area (Å²) in [5.74, 6) is -0.915. The van der Waals surface area contributed by atoms with Gasteiger partial charge in [-0.05, 0) is 72.0 Å². The molecule has 0 aromatic carbocycles. The zero-order valence-corrected chi connectivity index (χ0v) is 23.1. The van der Waals surface area contributed by atoms with Gasteiger partial charge in [-0.15, -0.1) is 0 Å². The number of ether oxygens (including phenoxy) is 1. The van der Waals surface area contributed by atoms with Crippen LogP contribution >= 0.6 is 23.2 Å². The Morgan fingerprint density at radius 3 is 1.80 bits per heavy atom. The fourth-order valence-corrected chi connectivity index (χ4v) is 5.34. The molecule has 0 fully saturated rings. The van der Waals surface area contributed by atoms with Crippen LogP contribution < -0.4 is 0 Å². The van der Waals surface area contributed by atoms with Crippen LogP contribution in [0.15, 0.2) is 24.3 Å². The molecule has 0 saturated carbocycles. The molecule has 0 bridgehead atoms. The first-order valence-corrected chi connectivity index (χ1v) is 16.3. The third kappa shape index (κ3) is 15.1. The third-order valence-electron chi connectivity index (χ3n) is 4.97. The van der Waals surface area contributed by atoms with Gasteiger partial charge in [0, 0.05) is 13.0 Å². The average Bonchev–Trinajstić information content (AvgIpc) is 2.62. The maximum atomic E-state index is 6.53. The monoisotopic (exact) mass is 478 g/mol. The predicted molar refractivity (Wildman–Crippen MR) is 138 cm³/mol. The van der Waals surface area contributed by atoms with E-state index in [2.05, 4.69) is 50.9 Å². The van der Waals surface area contributed by atoms with Gasteiger partial charge in [0.2, 0.25) is 0 Å². The summed E-state index contributed by atoms with van der Waals surface area (Å²) in [5.41, 5.74) is 0. The molecule has 30 heavy (non-hydrogen) atoms. The summed E-state index contributed by atoms with van der Waals surface area (Å²) in [4.78, 5) is 0. The van der Waals surface area contributed by atoms with E-state index in [1.807, 2.05) is 6.92 Å². The molecule has 0 aromatic rings. The fraction of sp³-hybridized carbons (Fsp3) is 0.840. The lowest BCUT2D eigenvalue weighted by Gasteiger charge is -2.44. The van der Waals surface area contributed by atoms with E-state index in [1.54, 1.807) is 6.92 Å². The van der Waals surface area contributed by atoms with E-state index in [0.29, 0.717) is 6.61 Å². The Hall–Kier alpha value is 0.197. The van der Waals surface area contributed by atoms with Gasteiger partial charge >= 0.3 is 0 Å². The molecule has 2 nitrogen and oxygen atoms in total. The molecule has 0 amide bonds. The molecular weight excluding hydrogens is 431 g/mol. The molecule has 5 heteroatoms. The minimum absolute atomic E-state index is 0.541. The quantitative estimate of drug-likeness (QED) is 0.0603. The zero-order chi connectivity index (χ0) is 22.9. The van der Waals surface area contributed by atoms with Crippen LogP contribution in [0, 0.1) is 0 Å². The Balaban J connectivity index is 4.09. The number of allylic oxidation sites excluding steroid dienone is 4. The van der Waals surface area contributed by atoms with Crippen LogP contribution in [0.2, 0.25) is 19.6 Å². The van der Waals surface area contributed by atoms with Gasteiger partial charge in [-0.1, -0.05) is 86.5 Å². The second-order valence-electron chi connectivity index (χ2n) is 9.27. The first-order chi connectivity index (χ1) is 14.1. The molecule has 0 radical (unpaired) electrons. The third-order valence-corrected chi connectivity index (χ3v) is 6.49. The molecular formula is C25H48Cl2O2Si. The second-order valence-corrected chi connectivity index (χ2v) is 15.4. The van der Waals surface area contributed by atoms with Gasteiger partial charge in [-0.25, -0.2) is 0 Å². The molecule has 0 aliphatic rings. The van der Waals surface area contributed by atoms with Crippen LogP contribution in [0.5, 0.6) is 0 Å². The average molecular weight is 480 g/mol. The molecule has 0 aromatic heterocycles. The molecule has 1 unspecified atom stereocenters. The van der Waals surface area contributed by atoms with Crippen LogP contribution in [0.3, 0.4) is 0 Å². The number of halogens is 2. The van der Waals surface area contributed by atoms with E-state index in [4.69, 9.17) is 32.4 Å². The Labute approximate surface area is 198 Å². The maximum absolute atomic E-state index is 6.53. The molecule has 0 heterocycles. The first kappa shape index (κ1) is 30.2. The largest absolute Gasteiger partial charge is 0.389 e. The standard InChI is InChI=1S/C25H48Cl2O2Si/c1-7-9-10-11-12-13-14-15-16-17-18-19-20-21-22-23-25(28-8-2,24(3,26)27)29-30(4,5)6/h12-13,15-16H,7-11,14,17-23H2,1-6H3/b13-12+,16-15+. The normalized spacial score (nSPS) is 15.3. The highest BCUT2D eigenvalue weighted by Crippen LogP contribution is 2.43. The molecule has 0 aliphatic carbocycles. The van der Waals surface area contributed by atoms with Crippen molar-refractivity contribution in [2.45, 2.75) is 128 Å². The van der Waals surface area contributed by atoms with Gasteiger partial charge in [0.1, 0.15) is 0 Å². The van der Waals surface area contributed by atoms with Crippen LogP contribution in [0.25, 0.3) is 0 Å². The lowest BCUT2D eigenvalue weighted by molar-refractivity contribution is -0.198. The molecule has 178 valence electrons. The van der Waals surface area contributed by atoms with E-state index in [1.165, 1.54) is 51.4 Å². The Kier molecular flexibility index (Phi) is 16.9. The fourth-order valence-electron chi connectivity index (χ4n) is 3.49. The summed E-state index contributed by atoms with van der Waals surface area (Å²) < 4.78 is 11.3. The number of unbranched alkanes of at least 4 members (excludes halogenated alkanes) is 8. The van der Waals surface area contributed by atoms with Crippen LogP contribution in [-0.4, -0.2) is 25.0 Å². The molecule has 0 spiro atoms. The minimum atomic E-state index is -1.85. The van der Waals surface area contributed by atoms with Gasteiger partial charge < -0.3 is 9.16 Å². The number of rotatable bonds is 19. The summed E-state index contributed by atoms with van der Waals surface area (Å²) in [6, 6.07) is 0. The van der Waals surface area contributed by atoms with Crippen LogP contribution in [0.1, 0.15) is 97.8 Å². The molecule has 0 saturated heterocycles. The van der Waals surface area contributed by atoms with Crippen molar-refractivity contribution in [2.75, 3.05) is 6.61 Å². The zero-order valence-electron chi connectivity index (χ0n) is 20.6. The number of hydrogen-bond donors (Lipinski definition) is 0. The van der Waals surface area contributed by atoms with E-state index in [0.717, 1.165) is 25.7 Å². The summed E-state index contributed by atoms with van der Waals surface area (Å²) in [6.45, 7) is 13.0. The molecule has 0 aliphatic heterocycles. The Bertz CT molecular complexity index is 467. The van der Waals surface area contributed by atoms with Gasteiger partial charge in [0.25, 0.3) is 0 Å². The number of hydrogen-bond acceptors (Lipinski definition) is 2. The van der Waals surface area contributed by atoms with Gasteiger partial charge in [-0.3, -0.25) is 0 Å². The van der Waals surface area contributed by atoms with E-state index >= 15 is 0 Å². The van der Waals surface area contributed by atoms with Crippen molar-refractivity contribution in [3.8, 4) is 0 Å². The second kappa shape index (κ2) is 16.8. The lowest BCUT2D eigenvalue weighted by Crippen LogP contribution is -2.54. The highest BCUT2D eigenvalue weighted by atomic mass is 35.5. The van der Waals surface area contributed by atoms with Crippen molar-refractivity contribution in [3.05, 3.63) is 24.3 Å². The highest BCUT2D eigenvalue weighted by molar-refractivity contribution is 6.70. The van der Waals surface area contributed by atoms with E-state index < -0.39 is 18.4 Å². The molecule has 0 N–H and O–H groups in total. The minimum Gasteiger partial charge on any atom is -0.389 e. The van der Waals surface area contributed by atoms with Crippen LogP contribution in [0.4, 0.5) is 0 Å². The highest BCUT2D eigenvalue weighted by Gasteiger charge is 2.50. The van der Waals surface area contributed by atoms with Crippen molar-refractivity contribution < 1.29 is 9.16 Å². The van der Waals surface area contributed by atoms with E-state index in [-0.39, 0.29) is 0 Å². The van der Waals surface area contributed by atoms with Crippen molar-refractivity contribution in [2.24, 2.45) is 0 Å². The van der Waals surface area contributed by atoms with Crippen LogP contribution in [-0.2, 0) is 9.16 Å². The summed E-state index contributed by atoms with van der Waals surface area (Å²) in [5, 5.41) is 0. The lowest BCUT2D eigenvalue weighted by atomic mass is 10.0. The predicted octanol–water partition coefficient (Wildman–Crippen LogP) is 9.58. The Morgan fingerprint density at radius 2 is 1.30 bits per heavy atom. The maximum Gasteiger partial charge on any atom is 0.192 e. The summed E-state index contributed by atoms with van der Waals surface area (Å²) in [7, 11) is -1.85. The van der Waals surface area contributed by atoms with Gasteiger partial charge in [-0.2, -0.15) is 0 Å². The van der Waals surface area contributed by atoms with Crippen molar-refractivity contribution in [1.29, 1.82) is 0 Å². The molecule has 1 atom stereocenters. The van der Waals surface area contributed by atoms with Gasteiger partial charge in [0.15, 0.2) is 18.4 Å². The summed E-state index contributed by atoms with van der Waals surface area (Å²) in [6.07, 6.45) is 23.3. The van der Waals surface area contributed by atoms with Crippen molar-refractivity contribution >= 4 is 31.5 Å². The van der Waals surface area contributed by atoms with Crippen molar-refractivity contribution in [3.63, 3.8) is 0 Å². The Morgan fingerprint density at radius 1 is 0.767 bits per heavy atom.